The highest BCUT2D eigenvalue weighted by atomic mass is 16.2. The van der Waals surface area contributed by atoms with Gasteiger partial charge in [0.2, 0.25) is 11.8 Å². The SMILES string of the molecule is O=C(CNC(=O)C1CCCCC1)NN=Cc1ccc(C=NNC(=O)CNC(=O)C2CCCCC2)cc1. The van der Waals surface area contributed by atoms with Gasteiger partial charge in [-0.1, -0.05) is 62.8 Å². The predicted octanol–water partition coefficient (Wildman–Crippen LogP) is 1.98. The summed E-state index contributed by atoms with van der Waals surface area (Å²) in [6, 6.07) is 7.14. The van der Waals surface area contributed by atoms with Gasteiger partial charge in [0, 0.05) is 11.8 Å². The van der Waals surface area contributed by atoms with Gasteiger partial charge in [0.1, 0.15) is 0 Å². The molecule has 0 atom stereocenters. The van der Waals surface area contributed by atoms with Crippen LogP contribution < -0.4 is 21.5 Å². The fourth-order valence-electron chi connectivity index (χ4n) is 4.46. The summed E-state index contributed by atoms with van der Waals surface area (Å²) in [6.45, 7) is -0.198. The van der Waals surface area contributed by atoms with Crippen molar-refractivity contribution in [3.8, 4) is 0 Å². The third kappa shape index (κ3) is 9.59. The van der Waals surface area contributed by atoms with Crippen LogP contribution in [0.15, 0.2) is 34.5 Å². The number of hydrogen-bond donors (Lipinski definition) is 4. The Bertz CT molecular complexity index is 871. The van der Waals surface area contributed by atoms with E-state index in [1.54, 1.807) is 24.3 Å². The zero-order valence-corrected chi connectivity index (χ0v) is 20.6. The molecule has 0 aliphatic heterocycles. The molecule has 3 rings (SSSR count). The van der Waals surface area contributed by atoms with Crippen LogP contribution >= 0.6 is 0 Å². The normalized spacial score (nSPS) is 17.1. The first kappa shape index (κ1) is 27.0. The minimum atomic E-state index is -0.384. The Labute approximate surface area is 211 Å². The summed E-state index contributed by atoms with van der Waals surface area (Å²) in [5.41, 5.74) is 6.32. The second-order valence-corrected chi connectivity index (χ2v) is 9.36. The number of hydrogen-bond acceptors (Lipinski definition) is 6. The predicted molar refractivity (Wildman–Crippen MR) is 137 cm³/mol. The Kier molecular flexibility index (Phi) is 11.1. The summed E-state index contributed by atoms with van der Waals surface area (Å²) in [7, 11) is 0. The van der Waals surface area contributed by atoms with Crippen LogP contribution in [0.5, 0.6) is 0 Å². The zero-order valence-electron chi connectivity index (χ0n) is 20.6. The van der Waals surface area contributed by atoms with Gasteiger partial charge >= 0.3 is 0 Å². The minimum Gasteiger partial charge on any atom is -0.347 e. The molecule has 2 aliphatic carbocycles. The summed E-state index contributed by atoms with van der Waals surface area (Å²) in [6.07, 6.45) is 13.1. The number of rotatable bonds is 10. The summed E-state index contributed by atoms with van der Waals surface area (Å²) in [5, 5.41) is 13.2. The molecule has 0 aromatic heterocycles. The largest absolute Gasteiger partial charge is 0.347 e. The van der Waals surface area contributed by atoms with E-state index in [1.807, 2.05) is 0 Å². The Morgan fingerprint density at radius 2 is 1.00 bits per heavy atom. The number of nitrogens with one attached hydrogen (secondary N) is 4. The third-order valence-electron chi connectivity index (χ3n) is 6.54. The van der Waals surface area contributed by atoms with Gasteiger partial charge in [0.25, 0.3) is 11.8 Å². The summed E-state index contributed by atoms with van der Waals surface area (Å²) in [4.78, 5) is 48.0. The summed E-state index contributed by atoms with van der Waals surface area (Å²) < 4.78 is 0. The quantitative estimate of drug-likeness (QED) is 0.290. The van der Waals surface area contributed by atoms with Crippen LogP contribution in [0.2, 0.25) is 0 Å². The smallest absolute Gasteiger partial charge is 0.259 e. The maximum Gasteiger partial charge on any atom is 0.259 e. The second-order valence-electron chi connectivity index (χ2n) is 9.36. The molecule has 36 heavy (non-hydrogen) atoms. The molecule has 0 bridgehead atoms. The van der Waals surface area contributed by atoms with Gasteiger partial charge in [-0.05, 0) is 36.8 Å². The minimum absolute atomic E-state index is 0.0116. The maximum absolute atomic E-state index is 12.1. The molecule has 194 valence electrons. The first-order chi connectivity index (χ1) is 17.5. The molecule has 2 aliphatic rings. The van der Waals surface area contributed by atoms with Crippen molar-refractivity contribution in [3.63, 3.8) is 0 Å². The van der Waals surface area contributed by atoms with E-state index < -0.39 is 0 Å². The monoisotopic (exact) mass is 496 g/mol. The Morgan fingerprint density at radius 3 is 1.36 bits per heavy atom. The van der Waals surface area contributed by atoms with E-state index in [0.717, 1.165) is 62.5 Å². The Morgan fingerprint density at radius 1 is 0.639 bits per heavy atom. The molecular formula is C26H36N6O4. The number of hydrazone groups is 2. The topological polar surface area (TPSA) is 141 Å². The first-order valence-corrected chi connectivity index (χ1v) is 12.8. The number of carbonyl (C=O) groups excluding carboxylic acids is 4. The van der Waals surface area contributed by atoms with E-state index in [2.05, 4.69) is 31.7 Å². The molecule has 1 aromatic rings. The highest BCUT2D eigenvalue weighted by Crippen LogP contribution is 2.24. The molecule has 0 radical (unpaired) electrons. The van der Waals surface area contributed by atoms with Crippen molar-refractivity contribution >= 4 is 36.1 Å². The molecule has 0 spiro atoms. The van der Waals surface area contributed by atoms with Crippen LogP contribution in [0.25, 0.3) is 0 Å². The van der Waals surface area contributed by atoms with Crippen molar-refractivity contribution in [1.82, 2.24) is 21.5 Å². The van der Waals surface area contributed by atoms with Gasteiger partial charge in [-0.25, -0.2) is 10.9 Å². The van der Waals surface area contributed by atoms with E-state index in [-0.39, 0.29) is 48.6 Å². The first-order valence-electron chi connectivity index (χ1n) is 12.8. The van der Waals surface area contributed by atoms with E-state index in [4.69, 9.17) is 0 Å². The van der Waals surface area contributed by atoms with Gasteiger partial charge in [-0.15, -0.1) is 0 Å². The van der Waals surface area contributed by atoms with Crippen molar-refractivity contribution in [2.45, 2.75) is 64.2 Å². The van der Waals surface area contributed by atoms with Crippen LogP contribution in [-0.4, -0.2) is 49.1 Å². The molecule has 10 nitrogen and oxygen atoms in total. The molecule has 1 aromatic carbocycles. The molecule has 2 saturated carbocycles. The average Bonchev–Trinajstić information content (AvgIpc) is 2.92. The lowest BCUT2D eigenvalue weighted by Gasteiger charge is -2.20. The van der Waals surface area contributed by atoms with Crippen molar-refractivity contribution in [2.75, 3.05) is 13.1 Å². The molecular weight excluding hydrogens is 460 g/mol. The lowest BCUT2D eigenvalue weighted by molar-refractivity contribution is -0.129. The van der Waals surface area contributed by atoms with Crippen LogP contribution in [0, 0.1) is 11.8 Å². The molecule has 4 amide bonds. The van der Waals surface area contributed by atoms with Crippen molar-refractivity contribution < 1.29 is 19.2 Å². The van der Waals surface area contributed by atoms with Crippen LogP contribution in [0.4, 0.5) is 0 Å². The fourth-order valence-corrected chi connectivity index (χ4v) is 4.46. The Hall–Kier alpha value is -3.56. The molecule has 0 unspecified atom stereocenters. The maximum atomic E-state index is 12.1. The van der Waals surface area contributed by atoms with Crippen LogP contribution in [0.1, 0.15) is 75.3 Å². The summed E-state index contributed by atoms with van der Waals surface area (Å²) >= 11 is 0. The van der Waals surface area contributed by atoms with Gasteiger partial charge in [-0.2, -0.15) is 10.2 Å². The highest BCUT2D eigenvalue weighted by molar-refractivity contribution is 5.89. The second kappa shape index (κ2) is 14.8. The van der Waals surface area contributed by atoms with Crippen LogP contribution in [-0.2, 0) is 19.2 Å². The van der Waals surface area contributed by atoms with Crippen molar-refractivity contribution in [2.24, 2.45) is 22.0 Å². The number of benzene rings is 1. The lowest BCUT2D eigenvalue weighted by Crippen LogP contribution is -2.38. The molecule has 0 saturated heterocycles. The number of carbonyl (C=O) groups is 4. The van der Waals surface area contributed by atoms with Crippen molar-refractivity contribution in [3.05, 3.63) is 35.4 Å². The van der Waals surface area contributed by atoms with Crippen molar-refractivity contribution in [1.29, 1.82) is 0 Å². The zero-order chi connectivity index (χ0) is 25.6. The van der Waals surface area contributed by atoms with Gasteiger partial charge in [0.15, 0.2) is 0 Å². The molecule has 0 heterocycles. The summed E-state index contributed by atoms with van der Waals surface area (Å²) in [5.74, 6) is -0.873. The molecule has 2 fully saturated rings. The lowest BCUT2D eigenvalue weighted by atomic mass is 9.89. The van der Waals surface area contributed by atoms with Gasteiger partial charge < -0.3 is 10.6 Å². The van der Waals surface area contributed by atoms with E-state index in [1.165, 1.54) is 25.3 Å². The average molecular weight is 497 g/mol. The third-order valence-corrected chi connectivity index (χ3v) is 6.54. The number of nitrogens with zero attached hydrogens (tertiary/aromatic N) is 2. The molecule has 4 N–H and O–H groups in total. The standard InChI is InChI=1S/C26H36N6O4/c33-23(17-27-25(35)21-7-3-1-4-8-21)31-29-15-19-11-13-20(14-12-19)16-30-32-24(34)18-28-26(36)22-9-5-2-6-10-22/h11-16,21-22H,1-10,17-18H2,(H,27,35)(H,28,36)(H,31,33)(H,32,34). The molecule has 10 heteroatoms. The van der Waals surface area contributed by atoms with E-state index in [9.17, 15) is 19.2 Å². The Balaban J connectivity index is 1.31. The van der Waals surface area contributed by atoms with Gasteiger partial charge in [0.05, 0.1) is 25.5 Å². The fraction of sp³-hybridized carbons (Fsp3) is 0.538. The highest BCUT2D eigenvalue weighted by Gasteiger charge is 2.22. The van der Waals surface area contributed by atoms with E-state index >= 15 is 0 Å². The van der Waals surface area contributed by atoms with Gasteiger partial charge in [-0.3, -0.25) is 19.2 Å². The van der Waals surface area contributed by atoms with E-state index in [0.29, 0.717) is 0 Å². The van der Waals surface area contributed by atoms with Crippen LogP contribution in [0.3, 0.4) is 0 Å². The number of amides is 4.